The minimum atomic E-state index is -0.922. The Bertz CT molecular complexity index is 667. The molecule has 4 amide bonds. The van der Waals surface area contributed by atoms with Crippen LogP contribution in [0.2, 0.25) is 0 Å². The van der Waals surface area contributed by atoms with Crippen LogP contribution in [0.5, 0.6) is 0 Å². The van der Waals surface area contributed by atoms with Crippen molar-refractivity contribution in [3.05, 3.63) is 0 Å². The number of aldehydes is 1. The molecule has 0 aromatic rings. The molecular weight excluding hydrogens is 392 g/mol. The fourth-order valence-corrected chi connectivity index (χ4v) is 3.11. The molecule has 0 saturated carbocycles. The molecule has 170 valence electrons. The van der Waals surface area contributed by atoms with Crippen molar-refractivity contribution < 1.29 is 28.7 Å². The van der Waals surface area contributed by atoms with Crippen LogP contribution in [-0.2, 0) is 23.9 Å². The number of carbonyl (C=O) groups is 5. The monoisotopic (exact) mass is 426 g/mol. The van der Waals surface area contributed by atoms with E-state index in [-0.39, 0.29) is 19.1 Å². The average molecular weight is 427 g/mol. The van der Waals surface area contributed by atoms with Gasteiger partial charge in [0, 0.05) is 19.6 Å². The summed E-state index contributed by atoms with van der Waals surface area (Å²) in [6.07, 6.45) is 0.873. The van der Waals surface area contributed by atoms with Crippen LogP contribution < -0.4 is 10.6 Å². The van der Waals surface area contributed by atoms with E-state index in [0.29, 0.717) is 19.1 Å². The normalized spacial score (nSPS) is 20.2. The van der Waals surface area contributed by atoms with Gasteiger partial charge in [-0.05, 0) is 32.6 Å². The first-order valence-electron chi connectivity index (χ1n) is 9.88. The molecule has 0 bridgehead atoms. The summed E-state index contributed by atoms with van der Waals surface area (Å²) < 4.78 is 5.22. The number of rotatable bonds is 7. The lowest BCUT2D eigenvalue weighted by molar-refractivity contribution is -0.141. The Kier molecular flexibility index (Phi) is 8.38. The third-order valence-electron chi connectivity index (χ3n) is 4.59. The Balaban J connectivity index is 2.88. The number of nitrogens with zero attached hydrogens (tertiary/aromatic N) is 2. The molecule has 0 radical (unpaired) electrons. The van der Waals surface area contributed by atoms with Gasteiger partial charge in [-0.2, -0.15) is 0 Å². The topological polar surface area (TPSA) is 125 Å². The van der Waals surface area contributed by atoms with Crippen LogP contribution >= 0.6 is 0 Å². The molecule has 0 aromatic heterocycles. The molecule has 3 unspecified atom stereocenters. The maximum absolute atomic E-state index is 13.2. The molecular formula is C20H34N4O6. The lowest BCUT2D eigenvalue weighted by atomic mass is 9.85. The predicted molar refractivity (Wildman–Crippen MR) is 109 cm³/mol. The van der Waals surface area contributed by atoms with Crippen LogP contribution in [0.3, 0.4) is 0 Å². The number of amides is 4. The van der Waals surface area contributed by atoms with E-state index in [1.807, 2.05) is 0 Å². The van der Waals surface area contributed by atoms with Crippen LogP contribution in [0.25, 0.3) is 0 Å². The fraction of sp³-hybridized carbons (Fsp3) is 0.750. The highest BCUT2D eigenvalue weighted by molar-refractivity contribution is 5.91. The highest BCUT2D eigenvalue weighted by Crippen LogP contribution is 2.25. The maximum Gasteiger partial charge on any atom is 0.410 e. The van der Waals surface area contributed by atoms with Gasteiger partial charge in [-0.3, -0.25) is 14.4 Å². The molecule has 10 heteroatoms. The highest BCUT2D eigenvalue weighted by Gasteiger charge is 2.42. The standard InChI is InChI=1S/C20H34N4O6/c1-19(2,3)16(17(28)24-9-13(21-12-26)8-14(24)11-25)22-15(27)10-23(7)18(29)30-20(4,5)6/h11-14,16H,8-10H2,1-7H3,(H,21,26)(H,22,27). The number of carbonyl (C=O) groups excluding carboxylic acids is 5. The number of hydrogen-bond donors (Lipinski definition) is 2. The van der Waals surface area contributed by atoms with Crippen molar-refractivity contribution in [3.63, 3.8) is 0 Å². The van der Waals surface area contributed by atoms with Crippen molar-refractivity contribution >= 4 is 30.6 Å². The van der Waals surface area contributed by atoms with Crippen molar-refractivity contribution in [2.75, 3.05) is 20.1 Å². The summed E-state index contributed by atoms with van der Waals surface area (Å²) in [5.41, 5.74) is -1.35. The van der Waals surface area contributed by atoms with E-state index >= 15 is 0 Å². The Morgan fingerprint density at radius 3 is 2.23 bits per heavy atom. The first-order valence-corrected chi connectivity index (χ1v) is 9.88. The molecule has 30 heavy (non-hydrogen) atoms. The largest absolute Gasteiger partial charge is 0.444 e. The van der Waals surface area contributed by atoms with Crippen LogP contribution in [0.1, 0.15) is 48.0 Å². The molecule has 0 aromatic carbocycles. The second kappa shape index (κ2) is 9.90. The van der Waals surface area contributed by atoms with Gasteiger partial charge in [-0.15, -0.1) is 0 Å². The van der Waals surface area contributed by atoms with E-state index in [2.05, 4.69) is 10.6 Å². The average Bonchev–Trinajstić information content (AvgIpc) is 3.00. The summed E-state index contributed by atoms with van der Waals surface area (Å²) in [7, 11) is 1.43. The van der Waals surface area contributed by atoms with Gasteiger partial charge >= 0.3 is 6.09 Å². The first-order chi connectivity index (χ1) is 13.7. The summed E-state index contributed by atoms with van der Waals surface area (Å²) in [6.45, 7) is 10.4. The van der Waals surface area contributed by atoms with Gasteiger partial charge in [0.15, 0.2) is 0 Å². The Morgan fingerprint density at radius 1 is 1.17 bits per heavy atom. The zero-order valence-electron chi connectivity index (χ0n) is 18.9. The highest BCUT2D eigenvalue weighted by atomic mass is 16.6. The lowest BCUT2D eigenvalue weighted by Crippen LogP contribution is -2.57. The van der Waals surface area contributed by atoms with Crippen molar-refractivity contribution in [3.8, 4) is 0 Å². The molecule has 1 aliphatic rings. The van der Waals surface area contributed by atoms with Crippen molar-refractivity contribution in [1.82, 2.24) is 20.4 Å². The summed E-state index contributed by atoms with van der Waals surface area (Å²) in [6, 6.07) is -1.92. The molecule has 1 rings (SSSR count). The first kappa shape index (κ1) is 25.4. The minimum Gasteiger partial charge on any atom is -0.444 e. The maximum atomic E-state index is 13.2. The van der Waals surface area contributed by atoms with E-state index in [0.717, 1.165) is 4.90 Å². The smallest absolute Gasteiger partial charge is 0.410 e. The molecule has 1 aliphatic heterocycles. The Labute approximate surface area is 177 Å². The number of ether oxygens (including phenoxy) is 1. The fourth-order valence-electron chi connectivity index (χ4n) is 3.11. The number of likely N-dealkylation sites (N-methyl/N-ethyl adjacent to an activating group) is 1. The SMILES string of the molecule is CN(CC(=O)NC(C(=O)N1CC(NC=O)CC1C=O)C(C)(C)C)C(=O)OC(C)(C)C. The summed E-state index contributed by atoms with van der Waals surface area (Å²) in [5.74, 6) is -0.941. The summed E-state index contributed by atoms with van der Waals surface area (Å²) in [4.78, 5) is 62.5. The van der Waals surface area contributed by atoms with Crippen LogP contribution in [0.15, 0.2) is 0 Å². The quantitative estimate of drug-likeness (QED) is 0.564. The van der Waals surface area contributed by atoms with Gasteiger partial charge in [-0.25, -0.2) is 4.79 Å². The van der Waals surface area contributed by atoms with Gasteiger partial charge in [0.05, 0.1) is 6.04 Å². The van der Waals surface area contributed by atoms with E-state index < -0.39 is 41.0 Å². The van der Waals surface area contributed by atoms with E-state index in [1.54, 1.807) is 41.5 Å². The molecule has 1 fully saturated rings. The van der Waals surface area contributed by atoms with Gasteiger partial charge in [0.2, 0.25) is 18.2 Å². The van der Waals surface area contributed by atoms with Gasteiger partial charge in [0.1, 0.15) is 24.5 Å². The summed E-state index contributed by atoms with van der Waals surface area (Å²) >= 11 is 0. The molecule has 2 N–H and O–H groups in total. The zero-order chi connectivity index (χ0) is 23.3. The number of likely N-dealkylation sites (tertiary alicyclic amines) is 1. The molecule has 3 atom stereocenters. The Morgan fingerprint density at radius 2 is 1.77 bits per heavy atom. The van der Waals surface area contributed by atoms with E-state index in [9.17, 15) is 24.0 Å². The van der Waals surface area contributed by atoms with Crippen LogP contribution in [0.4, 0.5) is 4.79 Å². The van der Waals surface area contributed by atoms with Crippen LogP contribution in [-0.4, -0.2) is 84.3 Å². The lowest BCUT2D eigenvalue weighted by Gasteiger charge is -2.35. The molecule has 1 saturated heterocycles. The van der Waals surface area contributed by atoms with Crippen molar-refractivity contribution in [2.24, 2.45) is 5.41 Å². The molecule has 1 heterocycles. The van der Waals surface area contributed by atoms with E-state index in [4.69, 9.17) is 4.74 Å². The second-order valence-electron chi connectivity index (χ2n) is 9.61. The minimum absolute atomic E-state index is 0.182. The Hall–Kier alpha value is -2.65. The predicted octanol–water partition coefficient (Wildman–Crippen LogP) is 0.299. The zero-order valence-corrected chi connectivity index (χ0v) is 18.9. The van der Waals surface area contributed by atoms with Gasteiger partial charge in [0.25, 0.3) is 0 Å². The third-order valence-corrected chi connectivity index (χ3v) is 4.59. The van der Waals surface area contributed by atoms with Crippen molar-refractivity contribution in [2.45, 2.75) is 71.7 Å². The number of nitrogens with one attached hydrogen (secondary N) is 2. The molecule has 10 nitrogen and oxygen atoms in total. The van der Waals surface area contributed by atoms with Gasteiger partial charge < -0.3 is 30.0 Å². The van der Waals surface area contributed by atoms with E-state index in [1.165, 1.54) is 11.9 Å². The number of hydrogen-bond acceptors (Lipinski definition) is 6. The molecule has 0 spiro atoms. The summed E-state index contributed by atoms with van der Waals surface area (Å²) in [5, 5.41) is 5.28. The van der Waals surface area contributed by atoms with Crippen molar-refractivity contribution in [1.29, 1.82) is 0 Å². The third kappa shape index (κ3) is 7.31. The molecule has 0 aliphatic carbocycles. The second-order valence-corrected chi connectivity index (χ2v) is 9.61. The van der Waals surface area contributed by atoms with Gasteiger partial charge in [-0.1, -0.05) is 20.8 Å². The van der Waals surface area contributed by atoms with Crippen LogP contribution in [0, 0.1) is 5.41 Å².